The summed E-state index contributed by atoms with van der Waals surface area (Å²) in [6.45, 7) is 0. The molecule has 0 aliphatic heterocycles. The zero-order valence-corrected chi connectivity index (χ0v) is 9.78. The van der Waals surface area contributed by atoms with Crippen LogP contribution in [0.3, 0.4) is 0 Å². The molecule has 1 aromatic rings. The minimum absolute atomic E-state index is 0.0996. The Kier molecular flexibility index (Phi) is 4.42. The normalized spacial score (nSPS) is 12.4. The van der Waals surface area contributed by atoms with Gasteiger partial charge in [-0.2, -0.15) is 0 Å². The number of benzene rings is 1. The standard InChI is InChI=1S/C9H10ClNO2Se/c10-6-1-3-7(4-2-6)14-5-8(11)9(12)13/h1-4,8H,5,11H2,(H,12,13)/t8-/m0/s1. The van der Waals surface area contributed by atoms with Crippen molar-refractivity contribution in [1.82, 2.24) is 0 Å². The van der Waals surface area contributed by atoms with Gasteiger partial charge in [0.15, 0.2) is 0 Å². The molecular formula is C9H10ClNO2Se. The molecule has 3 N–H and O–H groups in total. The Morgan fingerprint density at radius 2 is 2.07 bits per heavy atom. The van der Waals surface area contributed by atoms with E-state index < -0.39 is 12.0 Å². The topological polar surface area (TPSA) is 63.3 Å². The van der Waals surface area contributed by atoms with E-state index in [-0.39, 0.29) is 15.0 Å². The second-order valence-corrected chi connectivity index (χ2v) is 5.44. The molecule has 0 aromatic heterocycles. The van der Waals surface area contributed by atoms with Crippen LogP contribution >= 0.6 is 11.6 Å². The molecular weight excluding hydrogens is 269 g/mol. The van der Waals surface area contributed by atoms with Gasteiger partial charge in [0.2, 0.25) is 0 Å². The fourth-order valence-electron chi connectivity index (χ4n) is 0.788. The van der Waals surface area contributed by atoms with E-state index in [4.69, 9.17) is 22.4 Å². The van der Waals surface area contributed by atoms with Gasteiger partial charge in [0.25, 0.3) is 0 Å². The summed E-state index contributed by atoms with van der Waals surface area (Å²) in [5, 5.41) is 9.76. The fourth-order valence-corrected chi connectivity index (χ4v) is 2.68. The van der Waals surface area contributed by atoms with Crippen LogP contribution in [0.25, 0.3) is 0 Å². The van der Waals surface area contributed by atoms with Gasteiger partial charge in [-0.3, -0.25) is 0 Å². The van der Waals surface area contributed by atoms with Gasteiger partial charge in [-0.25, -0.2) is 0 Å². The number of hydrogen-bond donors (Lipinski definition) is 2. The van der Waals surface area contributed by atoms with E-state index in [1.165, 1.54) is 0 Å². The molecule has 3 nitrogen and oxygen atoms in total. The first-order chi connectivity index (χ1) is 6.59. The monoisotopic (exact) mass is 279 g/mol. The summed E-state index contributed by atoms with van der Waals surface area (Å²) in [4.78, 5) is 10.4. The second-order valence-electron chi connectivity index (χ2n) is 2.71. The Labute approximate surface area is 93.4 Å². The Morgan fingerprint density at radius 1 is 1.50 bits per heavy atom. The summed E-state index contributed by atoms with van der Waals surface area (Å²) in [6.07, 6.45) is 0. The number of carboxylic acids is 1. The molecule has 0 saturated heterocycles. The summed E-state index contributed by atoms with van der Waals surface area (Å²) >= 11 is 5.81. The van der Waals surface area contributed by atoms with Crippen LogP contribution in [-0.2, 0) is 4.79 Å². The van der Waals surface area contributed by atoms with Gasteiger partial charge in [-0.15, -0.1) is 0 Å². The zero-order chi connectivity index (χ0) is 10.6. The number of aliphatic carboxylic acids is 1. The van der Waals surface area contributed by atoms with Crippen LogP contribution in [0.5, 0.6) is 0 Å². The Bertz CT molecular complexity index is 315. The number of hydrogen-bond acceptors (Lipinski definition) is 2. The van der Waals surface area contributed by atoms with Crippen molar-refractivity contribution in [3.63, 3.8) is 0 Å². The molecule has 0 spiro atoms. The summed E-state index contributed by atoms with van der Waals surface area (Å²) in [5.41, 5.74) is 5.38. The molecule has 0 aliphatic rings. The minimum atomic E-state index is -0.944. The number of halogens is 1. The fraction of sp³-hybridized carbons (Fsp3) is 0.222. The molecule has 1 atom stereocenters. The van der Waals surface area contributed by atoms with Crippen LogP contribution in [0.4, 0.5) is 0 Å². The molecule has 0 unspecified atom stereocenters. The van der Waals surface area contributed by atoms with Gasteiger partial charge in [-0.1, -0.05) is 0 Å². The second kappa shape index (κ2) is 5.37. The van der Waals surface area contributed by atoms with E-state index in [9.17, 15) is 4.79 Å². The van der Waals surface area contributed by atoms with E-state index in [0.29, 0.717) is 10.3 Å². The molecule has 0 heterocycles. The average molecular weight is 279 g/mol. The van der Waals surface area contributed by atoms with E-state index in [1.807, 2.05) is 12.1 Å². The molecule has 76 valence electrons. The van der Waals surface area contributed by atoms with E-state index >= 15 is 0 Å². The first-order valence-electron chi connectivity index (χ1n) is 3.96. The van der Waals surface area contributed by atoms with E-state index in [1.54, 1.807) is 12.1 Å². The van der Waals surface area contributed by atoms with Crippen LogP contribution in [-0.4, -0.2) is 32.1 Å². The first kappa shape index (κ1) is 11.5. The van der Waals surface area contributed by atoms with Crippen LogP contribution < -0.4 is 10.2 Å². The van der Waals surface area contributed by atoms with Crippen molar-refractivity contribution < 1.29 is 9.90 Å². The van der Waals surface area contributed by atoms with Crippen molar-refractivity contribution in [2.45, 2.75) is 11.4 Å². The van der Waals surface area contributed by atoms with Gasteiger partial charge < -0.3 is 0 Å². The predicted octanol–water partition coefficient (Wildman–Crippen LogP) is 0.500. The molecule has 1 rings (SSSR count). The van der Waals surface area contributed by atoms with Crippen LogP contribution in [0.2, 0.25) is 10.3 Å². The maximum atomic E-state index is 10.4. The van der Waals surface area contributed by atoms with Crippen molar-refractivity contribution in [1.29, 1.82) is 0 Å². The summed E-state index contributed by atoms with van der Waals surface area (Å²) in [5.74, 6) is -0.944. The van der Waals surface area contributed by atoms with E-state index in [2.05, 4.69) is 0 Å². The molecule has 0 amide bonds. The molecule has 5 heteroatoms. The number of nitrogens with two attached hydrogens (primary N) is 1. The van der Waals surface area contributed by atoms with Crippen LogP contribution in [0, 0.1) is 0 Å². The third-order valence-corrected chi connectivity index (χ3v) is 4.19. The Hall–Kier alpha value is -0.541. The molecule has 14 heavy (non-hydrogen) atoms. The van der Waals surface area contributed by atoms with Crippen molar-refractivity contribution >= 4 is 37.0 Å². The average Bonchev–Trinajstić information content (AvgIpc) is 2.16. The third-order valence-electron chi connectivity index (χ3n) is 1.56. The van der Waals surface area contributed by atoms with Gasteiger partial charge in [0.1, 0.15) is 0 Å². The Balaban J connectivity index is 2.46. The maximum absolute atomic E-state index is 10.4. The van der Waals surface area contributed by atoms with Crippen LogP contribution in [0.15, 0.2) is 24.3 Å². The number of carbonyl (C=O) groups is 1. The van der Waals surface area contributed by atoms with Crippen molar-refractivity contribution in [2.24, 2.45) is 5.73 Å². The van der Waals surface area contributed by atoms with Gasteiger partial charge >= 0.3 is 93.3 Å². The van der Waals surface area contributed by atoms with E-state index in [0.717, 1.165) is 4.46 Å². The number of rotatable bonds is 4. The molecule has 0 radical (unpaired) electrons. The molecule has 1 aromatic carbocycles. The molecule has 0 fully saturated rings. The summed E-state index contributed by atoms with van der Waals surface area (Å²) in [6, 6.07) is 6.63. The summed E-state index contributed by atoms with van der Waals surface area (Å²) in [7, 11) is 0. The third kappa shape index (κ3) is 3.68. The van der Waals surface area contributed by atoms with Crippen LogP contribution in [0.1, 0.15) is 0 Å². The quantitative estimate of drug-likeness (QED) is 0.789. The van der Waals surface area contributed by atoms with Gasteiger partial charge in [-0.05, 0) is 0 Å². The zero-order valence-electron chi connectivity index (χ0n) is 7.31. The Morgan fingerprint density at radius 3 is 2.57 bits per heavy atom. The number of carboxylic acid groups (broad SMARTS) is 1. The molecule has 0 aliphatic carbocycles. The van der Waals surface area contributed by atoms with Gasteiger partial charge in [0.05, 0.1) is 0 Å². The van der Waals surface area contributed by atoms with Gasteiger partial charge in [0, 0.05) is 0 Å². The molecule has 0 saturated carbocycles. The van der Waals surface area contributed by atoms with Crippen molar-refractivity contribution in [2.75, 3.05) is 0 Å². The summed E-state index contributed by atoms with van der Waals surface area (Å²) < 4.78 is 1.11. The van der Waals surface area contributed by atoms with Crippen molar-refractivity contribution in [3.8, 4) is 0 Å². The predicted molar refractivity (Wildman–Crippen MR) is 57.3 cm³/mol. The molecule has 0 bridgehead atoms. The SMILES string of the molecule is N[C@@H](C[Se]c1ccc(Cl)cc1)C(=O)O. The first-order valence-corrected chi connectivity index (χ1v) is 6.41. The van der Waals surface area contributed by atoms with Crippen molar-refractivity contribution in [3.05, 3.63) is 29.3 Å².